The van der Waals surface area contributed by atoms with Gasteiger partial charge in [-0.3, -0.25) is 10.1 Å². The first-order valence-electron chi connectivity index (χ1n) is 6.72. The van der Waals surface area contributed by atoms with Crippen LogP contribution in [0.1, 0.15) is 5.56 Å². The summed E-state index contributed by atoms with van der Waals surface area (Å²) >= 11 is 1.96. The van der Waals surface area contributed by atoms with Crippen LogP contribution in [0.25, 0.3) is 11.6 Å². The zero-order valence-corrected chi connectivity index (χ0v) is 14.6. The number of hydrogen-bond donors (Lipinski definition) is 0. The van der Waals surface area contributed by atoms with E-state index in [4.69, 9.17) is 9.15 Å². The molecular formula is C14H6F3IN4O4. The standard InChI is InChI=1S/C14H6F3IN4O4/c15-14(16,17)9-5-10(22(23)24)11(13-21-19-6-25-13)20-12(9)26-8-3-1-2-7(18)4-8/h1-6H. The van der Waals surface area contributed by atoms with Gasteiger partial charge in [0, 0.05) is 9.64 Å². The maximum Gasteiger partial charge on any atom is 0.421 e. The molecule has 0 N–H and O–H groups in total. The lowest BCUT2D eigenvalue weighted by Gasteiger charge is -2.13. The van der Waals surface area contributed by atoms with Gasteiger partial charge in [-0.05, 0) is 40.8 Å². The van der Waals surface area contributed by atoms with Crippen LogP contribution in [0.4, 0.5) is 18.9 Å². The lowest BCUT2D eigenvalue weighted by atomic mass is 10.2. The Morgan fingerprint density at radius 2 is 2.04 bits per heavy atom. The number of nitro groups is 1. The Hall–Kier alpha value is -2.77. The van der Waals surface area contributed by atoms with Gasteiger partial charge < -0.3 is 9.15 Å². The molecule has 0 saturated carbocycles. The molecule has 0 aliphatic heterocycles. The van der Waals surface area contributed by atoms with Crippen LogP contribution in [0.3, 0.4) is 0 Å². The van der Waals surface area contributed by atoms with Crippen molar-refractivity contribution in [1.82, 2.24) is 15.2 Å². The molecular weight excluding hydrogens is 472 g/mol. The molecule has 3 rings (SSSR count). The fourth-order valence-corrected chi connectivity index (χ4v) is 2.50. The van der Waals surface area contributed by atoms with Crippen molar-refractivity contribution in [2.45, 2.75) is 6.18 Å². The minimum atomic E-state index is -4.93. The molecule has 3 aromatic rings. The van der Waals surface area contributed by atoms with Crippen molar-refractivity contribution < 1.29 is 27.2 Å². The third-order valence-electron chi connectivity index (χ3n) is 3.04. The number of hydrogen-bond acceptors (Lipinski definition) is 7. The summed E-state index contributed by atoms with van der Waals surface area (Å²) in [6, 6.07) is 6.53. The van der Waals surface area contributed by atoms with Gasteiger partial charge in [-0.25, -0.2) is 4.98 Å². The molecule has 8 nitrogen and oxygen atoms in total. The Labute approximate surface area is 156 Å². The van der Waals surface area contributed by atoms with E-state index in [1.807, 2.05) is 22.6 Å². The molecule has 0 spiro atoms. The number of alkyl halides is 3. The molecule has 0 bridgehead atoms. The highest BCUT2D eigenvalue weighted by molar-refractivity contribution is 14.1. The van der Waals surface area contributed by atoms with Crippen LogP contribution < -0.4 is 4.74 Å². The van der Waals surface area contributed by atoms with Crippen molar-refractivity contribution in [2.75, 3.05) is 0 Å². The molecule has 134 valence electrons. The number of rotatable bonds is 4. The largest absolute Gasteiger partial charge is 0.438 e. The van der Waals surface area contributed by atoms with Crippen LogP contribution in [0.2, 0.25) is 0 Å². The minimum absolute atomic E-state index is 0.0835. The molecule has 2 aromatic heterocycles. The van der Waals surface area contributed by atoms with E-state index in [-0.39, 0.29) is 5.75 Å². The highest BCUT2D eigenvalue weighted by Crippen LogP contribution is 2.41. The van der Waals surface area contributed by atoms with Gasteiger partial charge >= 0.3 is 11.9 Å². The molecule has 0 amide bonds. The second-order valence-corrected chi connectivity index (χ2v) is 6.01. The summed E-state index contributed by atoms with van der Waals surface area (Å²) in [6.45, 7) is 0. The summed E-state index contributed by atoms with van der Waals surface area (Å²) in [5, 5.41) is 18.0. The van der Waals surface area contributed by atoms with Gasteiger partial charge in [-0.15, -0.1) is 10.2 Å². The average molecular weight is 478 g/mol. The topological polar surface area (TPSA) is 104 Å². The summed E-state index contributed by atoms with van der Waals surface area (Å²) in [5.41, 5.74) is -2.86. The number of halogens is 4. The maximum atomic E-state index is 13.4. The van der Waals surface area contributed by atoms with Crippen molar-refractivity contribution in [1.29, 1.82) is 0 Å². The molecule has 0 atom stereocenters. The smallest absolute Gasteiger partial charge is 0.421 e. The van der Waals surface area contributed by atoms with Gasteiger partial charge in [0.05, 0.1) is 4.92 Å². The van der Waals surface area contributed by atoms with Gasteiger partial charge in [0.25, 0.3) is 5.89 Å². The van der Waals surface area contributed by atoms with Gasteiger partial charge in [0.1, 0.15) is 11.3 Å². The molecule has 0 aliphatic rings. The van der Waals surface area contributed by atoms with Gasteiger partial charge in [-0.1, -0.05) is 6.07 Å². The monoisotopic (exact) mass is 478 g/mol. The average Bonchev–Trinajstić information content (AvgIpc) is 3.07. The molecule has 12 heteroatoms. The highest BCUT2D eigenvalue weighted by atomic mass is 127. The molecule has 26 heavy (non-hydrogen) atoms. The molecule has 2 heterocycles. The van der Waals surface area contributed by atoms with Gasteiger partial charge in [0.15, 0.2) is 0 Å². The Morgan fingerprint density at radius 1 is 1.27 bits per heavy atom. The fraction of sp³-hybridized carbons (Fsp3) is 0.0714. The number of nitrogens with zero attached hydrogens (tertiary/aromatic N) is 4. The number of aromatic nitrogens is 3. The molecule has 0 fully saturated rings. The lowest BCUT2D eigenvalue weighted by Crippen LogP contribution is -2.11. The van der Waals surface area contributed by atoms with Crippen LogP contribution in [0, 0.1) is 13.7 Å². The van der Waals surface area contributed by atoms with E-state index in [0.29, 0.717) is 9.64 Å². The maximum absolute atomic E-state index is 13.4. The summed E-state index contributed by atoms with van der Waals surface area (Å²) in [4.78, 5) is 13.8. The quantitative estimate of drug-likeness (QED) is 0.310. The normalized spacial score (nSPS) is 11.4. The van der Waals surface area contributed by atoms with Gasteiger partial charge in [-0.2, -0.15) is 13.2 Å². The molecule has 0 saturated heterocycles. The number of ether oxygens (including phenoxy) is 1. The molecule has 0 radical (unpaired) electrons. The summed E-state index contributed by atoms with van der Waals surface area (Å²) in [7, 11) is 0. The summed E-state index contributed by atoms with van der Waals surface area (Å²) < 4.78 is 50.8. The highest BCUT2D eigenvalue weighted by Gasteiger charge is 2.39. The second-order valence-electron chi connectivity index (χ2n) is 4.77. The Balaban J connectivity index is 2.20. The Morgan fingerprint density at radius 3 is 2.62 bits per heavy atom. The first kappa shape index (κ1) is 18.0. The zero-order valence-electron chi connectivity index (χ0n) is 12.4. The summed E-state index contributed by atoms with van der Waals surface area (Å²) in [5.74, 6) is -1.18. The van der Waals surface area contributed by atoms with Crippen LogP contribution >= 0.6 is 22.6 Å². The predicted molar refractivity (Wildman–Crippen MR) is 88.4 cm³/mol. The van der Waals surface area contributed by atoms with E-state index in [2.05, 4.69) is 15.2 Å². The third kappa shape index (κ3) is 3.74. The molecule has 1 aromatic carbocycles. The van der Waals surface area contributed by atoms with Crippen molar-refractivity contribution in [2.24, 2.45) is 0 Å². The van der Waals surface area contributed by atoms with Crippen molar-refractivity contribution in [3.8, 4) is 23.2 Å². The van der Waals surface area contributed by atoms with Crippen LogP contribution in [0.5, 0.6) is 11.6 Å². The fourth-order valence-electron chi connectivity index (χ4n) is 1.98. The van der Waals surface area contributed by atoms with Crippen LogP contribution in [-0.2, 0) is 6.18 Å². The van der Waals surface area contributed by atoms with E-state index < -0.39 is 39.8 Å². The van der Waals surface area contributed by atoms with Crippen molar-refractivity contribution in [3.63, 3.8) is 0 Å². The minimum Gasteiger partial charge on any atom is -0.438 e. The van der Waals surface area contributed by atoms with E-state index in [0.717, 1.165) is 6.39 Å². The summed E-state index contributed by atoms with van der Waals surface area (Å²) in [6.07, 6.45) is -4.05. The number of pyridine rings is 1. The lowest BCUT2D eigenvalue weighted by molar-refractivity contribution is -0.384. The van der Waals surface area contributed by atoms with Crippen LogP contribution in [-0.4, -0.2) is 20.1 Å². The predicted octanol–water partition coefficient (Wildman–Crippen LogP) is 4.46. The molecule has 0 unspecified atom stereocenters. The van der Waals surface area contributed by atoms with E-state index in [1.54, 1.807) is 12.1 Å². The SMILES string of the molecule is O=[N+]([O-])c1cc(C(F)(F)F)c(Oc2cccc(I)c2)nc1-c1nnco1. The van der Waals surface area contributed by atoms with Crippen LogP contribution in [0.15, 0.2) is 41.1 Å². The first-order chi connectivity index (χ1) is 12.3. The van der Waals surface area contributed by atoms with Crippen molar-refractivity contribution >= 4 is 28.3 Å². The van der Waals surface area contributed by atoms with E-state index in [9.17, 15) is 23.3 Å². The van der Waals surface area contributed by atoms with Gasteiger partial charge in [0.2, 0.25) is 18.0 Å². The van der Waals surface area contributed by atoms with E-state index >= 15 is 0 Å². The first-order valence-corrected chi connectivity index (χ1v) is 7.80. The third-order valence-corrected chi connectivity index (χ3v) is 3.71. The Kier molecular flexibility index (Phi) is 4.76. The van der Waals surface area contributed by atoms with Crippen molar-refractivity contribution in [3.05, 3.63) is 56.0 Å². The zero-order chi connectivity index (χ0) is 18.9. The Bertz CT molecular complexity index is 963. The van der Waals surface area contributed by atoms with E-state index in [1.165, 1.54) is 12.1 Å². The molecule has 0 aliphatic carbocycles. The number of benzene rings is 1. The second kappa shape index (κ2) is 6.86.